The van der Waals surface area contributed by atoms with Crippen LogP contribution in [0.1, 0.15) is 23.2 Å². The van der Waals surface area contributed by atoms with Crippen molar-refractivity contribution in [2.75, 3.05) is 12.3 Å². The van der Waals surface area contributed by atoms with Gasteiger partial charge < -0.3 is 14.9 Å². The molecule has 3 N–H and O–H groups in total. The summed E-state index contributed by atoms with van der Waals surface area (Å²) in [5.74, 6) is 0.569. The molecule has 0 saturated heterocycles. The minimum absolute atomic E-state index is 0.00934. The third-order valence-electron chi connectivity index (χ3n) is 3.90. The van der Waals surface area contributed by atoms with Gasteiger partial charge in [0.1, 0.15) is 17.2 Å². The van der Waals surface area contributed by atoms with Gasteiger partial charge in [-0.15, -0.1) is 5.10 Å². The first-order valence-electron chi connectivity index (χ1n) is 8.81. The summed E-state index contributed by atoms with van der Waals surface area (Å²) in [7, 11) is 0. The van der Waals surface area contributed by atoms with Crippen molar-refractivity contribution < 1.29 is 18.6 Å². The Morgan fingerprint density at radius 1 is 1.33 bits per heavy atom. The number of carbonyl (C=O) groups is 1. The monoisotopic (exact) mass is 408 g/mol. The number of hydrogen-bond acceptors (Lipinski definition) is 10. The Morgan fingerprint density at radius 3 is 2.97 bits per heavy atom. The smallest absolute Gasteiger partial charge is 0.294 e. The lowest BCUT2D eigenvalue weighted by atomic mass is 10.1. The molecule has 0 radical (unpaired) electrons. The van der Waals surface area contributed by atoms with Crippen LogP contribution in [0.2, 0.25) is 0 Å². The molecule has 1 aromatic carbocycles. The lowest BCUT2D eigenvalue weighted by molar-refractivity contribution is 0.0950. The Hall–Kier alpha value is -4.48. The maximum atomic E-state index is 12.8. The van der Waals surface area contributed by atoms with Gasteiger partial charge in [-0.3, -0.25) is 4.79 Å². The van der Waals surface area contributed by atoms with Gasteiger partial charge in [0, 0.05) is 5.56 Å². The van der Waals surface area contributed by atoms with E-state index < -0.39 is 5.91 Å². The van der Waals surface area contributed by atoms with E-state index >= 15 is 0 Å². The third-order valence-corrected chi connectivity index (χ3v) is 3.90. The van der Waals surface area contributed by atoms with Gasteiger partial charge in [0.05, 0.1) is 19.1 Å². The Labute approximate surface area is 169 Å². The minimum atomic E-state index is -0.601. The molecular weight excluding hydrogens is 392 g/mol. The number of anilines is 1. The molecule has 12 heteroatoms. The van der Waals surface area contributed by atoms with Crippen LogP contribution in [0.4, 0.5) is 5.82 Å². The highest BCUT2D eigenvalue weighted by Gasteiger charge is 2.25. The molecule has 4 aromatic rings. The summed E-state index contributed by atoms with van der Waals surface area (Å²) in [4.78, 5) is 12.8. The lowest BCUT2D eigenvalue weighted by Crippen LogP contribution is -2.19. The molecule has 152 valence electrons. The molecule has 4 rings (SSSR count). The van der Waals surface area contributed by atoms with Gasteiger partial charge in [-0.1, -0.05) is 17.3 Å². The van der Waals surface area contributed by atoms with E-state index in [1.807, 2.05) is 6.92 Å². The number of nitrogens with one attached hydrogen (secondary N) is 1. The van der Waals surface area contributed by atoms with Gasteiger partial charge in [-0.2, -0.15) is 9.78 Å². The minimum Gasteiger partial charge on any atom is -0.494 e. The number of furan rings is 1. The van der Waals surface area contributed by atoms with Gasteiger partial charge in [-0.25, -0.2) is 10.1 Å². The maximum Gasteiger partial charge on any atom is 0.294 e. The zero-order chi connectivity index (χ0) is 20.9. The highest BCUT2D eigenvalue weighted by molar-refractivity contribution is 5.98. The highest BCUT2D eigenvalue weighted by atomic mass is 16.6. The fraction of sp³-hybridized carbons (Fsp3) is 0.111. The third kappa shape index (κ3) is 3.73. The molecule has 3 heterocycles. The first-order valence-corrected chi connectivity index (χ1v) is 8.81. The van der Waals surface area contributed by atoms with Gasteiger partial charge in [0.15, 0.2) is 5.69 Å². The van der Waals surface area contributed by atoms with Crippen LogP contribution in [0.25, 0.3) is 17.1 Å². The summed E-state index contributed by atoms with van der Waals surface area (Å²) in [5, 5.41) is 19.1. The van der Waals surface area contributed by atoms with Crippen LogP contribution in [-0.2, 0) is 0 Å². The standard InChI is InChI=1S/C18H16N8O4/c1-2-28-12-6-3-5-11(9-12)15-14(18(27)22-20-10-13-7-4-8-29-13)21-25-26(15)17-16(19)23-30-24-17/h3-10H,2H2,1H3,(H2,19,23)(H,22,27). The number of carbonyl (C=O) groups excluding carboxylic acids is 1. The predicted molar refractivity (Wildman–Crippen MR) is 104 cm³/mol. The first-order chi connectivity index (χ1) is 14.7. The SMILES string of the molecule is CCOc1cccc(-c2c(C(=O)NN=Cc3ccco3)nnn2-c2nonc2N)c1. The van der Waals surface area contributed by atoms with Crippen molar-refractivity contribution in [2.24, 2.45) is 5.10 Å². The fourth-order valence-electron chi connectivity index (χ4n) is 2.65. The van der Waals surface area contributed by atoms with Crippen molar-refractivity contribution in [3.63, 3.8) is 0 Å². The quantitative estimate of drug-likeness (QED) is 0.342. The Kier molecular flexibility index (Phi) is 5.19. The second-order valence-corrected chi connectivity index (χ2v) is 5.85. The maximum absolute atomic E-state index is 12.8. The Bertz CT molecular complexity index is 1180. The number of nitrogen functional groups attached to an aromatic ring is 1. The number of nitrogens with two attached hydrogens (primary N) is 1. The molecule has 12 nitrogen and oxygen atoms in total. The van der Waals surface area contributed by atoms with Crippen LogP contribution in [0, 0.1) is 0 Å². The predicted octanol–water partition coefficient (Wildman–Crippen LogP) is 1.66. The molecule has 0 aliphatic heterocycles. The zero-order valence-corrected chi connectivity index (χ0v) is 15.7. The summed E-state index contributed by atoms with van der Waals surface area (Å²) in [6.45, 7) is 2.35. The molecule has 3 aromatic heterocycles. The van der Waals surface area contributed by atoms with Crippen LogP contribution < -0.4 is 15.9 Å². The first kappa shape index (κ1) is 18.9. The lowest BCUT2D eigenvalue weighted by Gasteiger charge is -2.08. The van der Waals surface area contributed by atoms with Crippen molar-refractivity contribution in [3.05, 3.63) is 54.1 Å². The molecule has 0 aliphatic rings. The molecule has 30 heavy (non-hydrogen) atoms. The van der Waals surface area contributed by atoms with Crippen LogP contribution in [-0.4, -0.2) is 44.0 Å². The molecule has 0 unspecified atom stereocenters. The number of benzene rings is 1. The molecule has 0 bridgehead atoms. The van der Waals surface area contributed by atoms with Crippen molar-refractivity contribution >= 4 is 17.9 Å². The number of ether oxygens (including phenoxy) is 1. The molecule has 0 fully saturated rings. The van der Waals surface area contributed by atoms with E-state index in [-0.39, 0.29) is 17.3 Å². The van der Waals surface area contributed by atoms with Crippen LogP contribution in [0.5, 0.6) is 5.75 Å². The van der Waals surface area contributed by atoms with Gasteiger partial charge in [0.2, 0.25) is 11.6 Å². The van der Waals surface area contributed by atoms with E-state index in [0.29, 0.717) is 29.4 Å². The van der Waals surface area contributed by atoms with Crippen molar-refractivity contribution in [1.82, 2.24) is 30.7 Å². The normalized spacial score (nSPS) is 11.1. The number of nitrogens with zero attached hydrogens (tertiary/aromatic N) is 6. The molecule has 0 saturated carbocycles. The summed E-state index contributed by atoms with van der Waals surface area (Å²) >= 11 is 0. The molecule has 1 amide bonds. The van der Waals surface area contributed by atoms with Crippen molar-refractivity contribution in [1.29, 1.82) is 0 Å². The van der Waals surface area contributed by atoms with Crippen LogP contribution in [0.15, 0.2) is 56.8 Å². The van der Waals surface area contributed by atoms with Crippen LogP contribution >= 0.6 is 0 Å². The molecular formula is C18H16N8O4. The van der Waals surface area contributed by atoms with Crippen molar-refractivity contribution in [2.45, 2.75) is 6.92 Å². The second-order valence-electron chi connectivity index (χ2n) is 5.85. The van der Waals surface area contributed by atoms with E-state index in [1.54, 1.807) is 36.4 Å². The largest absolute Gasteiger partial charge is 0.494 e. The second kappa shape index (κ2) is 8.26. The summed E-state index contributed by atoms with van der Waals surface area (Å²) in [5.41, 5.74) is 9.08. The topological polar surface area (TPSA) is 159 Å². The number of hydrazone groups is 1. The number of amides is 1. The summed E-state index contributed by atoms with van der Waals surface area (Å²) in [6, 6.07) is 10.5. The van der Waals surface area contributed by atoms with Crippen LogP contribution in [0.3, 0.4) is 0 Å². The van der Waals surface area contributed by atoms with E-state index in [1.165, 1.54) is 17.2 Å². The Morgan fingerprint density at radius 2 is 2.23 bits per heavy atom. The average molecular weight is 408 g/mol. The van der Waals surface area contributed by atoms with E-state index in [2.05, 4.69) is 35.8 Å². The number of aromatic nitrogens is 5. The van der Waals surface area contributed by atoms with Crippen molar-refractivity contribution in [3.8, 4) is 22.8 Å². The Balaban J connectivity index is 1.73. The summed E-state index contributed by atoms with van der Waals surface area (Å²) in [6.07, 6.45) is 2.85. The number of hydrogen-bond donors (Lipinski definition) is 2. The molecule has 0 aliphatic carbocycles. The summed E-state index contributed by atoms with van der Waals surface area (Å²) < 4.78 is 16.6. The number of rotatable bonds is 7. The average Bonchev–Trinajstić information content (AvgIpc) is 3.49. The van der Waals surface area contributed by atoms with Gasteiger partial charge >= 0.3 is 0 Å². The van der Waals surface area contributed by atoms with Gasteiger partial charge in [-0.05, 0) is 41.5 Å². The van der Waals surface area contributed by atoms with Gasteiger partial charge in [0.25, 0.3) is 5.91 Å². The van der Waals surface area contributed by atoms with E-state index in [9.17, 15) is 4.79 Å². The van der Waals surface area contributed by atoms with E-state index in [0.717, 1.165) is 0 Å². The highest BCUT2D eigenvalue weighted by Crippen LogP contribution is 2.29. The fourth-order valence-corrected chi connectivity index (χ4v) is 2.65. The molecule has 0 atom stereocenters. The van der Waals surface area contributed by atoms with E-state index in [4.69, 9.17) is 14.9 Å². The zero-order valence-electron chi connectivity index (χ0n) is 15.7. The molecule has 0 spiro atoms.